The maximum Gasteiger partial charge on any atom is 0.159 e. The molecule has 28 heavy (non-hydrogen) atoms. The summed E-state index contributed by atoms with van der Waals surface area (Å²) in [5.41, 5.74) is 2.37. The molecule has 0 saturated heterocycles. The van der Waals surface area contributed by atoms with Crippen molar-refractivity contribution in [1.29, 1.82) is 0 Å². The third-order valence-corrected chi connectivity index (χ3v) is 4.57. The van der Waals surface area contributed by atoms with E-state index in [-0.39, 0.29) is 5.75 Å². The number of halogens is 2. The van der Waals surface area contributed by atoms with Crippen molar-refractivity contribution in [2.24, 2.45) is 0 Å². The number of pyridine rings is 2. The van der Waals surface area contributed by atoms with Crippen molar-refractivity contribution in [2.75, 3.05) is 5.32 Å². The molecule has 4 nitrogen and oxygen atoms in total. The fourth-order valence-corrected chi connectivity index (χ4v) is 3.17. The molecule has 0 fully saturated rings. The Balaban J connectivity index is 1.87. The summed E-state index contributed by atoms with van der Waals surface area (Å²) in [5, 5.41) is 14.8. The number of nitrogens with one attached hydrogen (secondary N) is 1. The number of aryl methyl sites for hydroxylation is 1. The van der Waals surface area contributed by atoms with E-state index >= 15 is 0 Å². The van der Waals surface area contributed by atoms with Crippen molar-refractivity contribution in [1.82, 2.24) is 9.97 Å². The summed E-state index contributed by atoms with van der Waals surface area (Å²) in [6, 6.07) is 13.9. The molecule has 4 rings (SSSR count). The molecule has 0 bridgehead atoms. The average molecular weight is 377 g/mol. The van der Waals surface area contributed by atoms with Gasteiger partial charge < -0.3 is 10.4 Å². The SMILES string of the molecule is Cc1ccnc(NC(c2ccc(F)c(F)c2)c2ccc3cccnc3c2O)c1. The fraction of sp³-hybridized carbons (Fsp3) is 0.0909. The molecule has 2 aromatic carbocycles. The number of aromatic nitrogens is 2. The fourth-order valence-electron chi connectivity index (χ4n) is 3.17. The number of rotatable bonds is 4. The lowest BCUT2D eigenvalue weighted by atomic mass is 9.96. The van der Waals surface area contributed by atoms with Gasteiger partial charge in [0.2, 0.25) is 0 Å². The van der Waals surface area contributed by atoms with E-state index in [4.69, 9.17) is 0 Å². The molecular formula is C22H17F2N3O. The zero-order valence-corrected chi connectivity index (χ0v) is 15.0. The topological polar surface area (TPSA) is 58.0 Å². The van der Waals surface area contributed by atoms with E-state index in [0.717, 1.165) is 23.1 Å². The quantitative estimate of drug-likeness (QED) is 0.518. The Morgan fingerprint density at radius 3 is 2.57 bits per heavy atom. The van der Waals surface area contributed by atoms with Crippen LogP contribution in [0.25, 0.3) is 10.9 Å². The number of anilines is 1. The van der Waals surface area contributed by atoms with Gasteiger partial charge in [0.25, 0.3) is 0 Å². The van der Waals surface area contributed by atoms with E-state index in [2.05, 4.69) is 15.3 Å². The highest BCUT2D eigenvalue weighted by molar-refractivity contribution is 5.86. The van der Waals surface area contributed by atoms with E-state index in [1.165, 1.54) is 6.07 Å². The summed E-state index contributed by atoms with van der Waals surface area (Å²) in [7, 11) is 0. The van der Waals surface area contributed by atoms with Crippen molar-refractivity contribution in [2.45, 2.75) is 13.0 Å². The van der Waals surface area contributed by atoms with E-state index in [1.807, 2.05) is 31.2 Å². The smallest absolute Gasteiger partial charge is 0.159 e. The van der Waals surface area contributed by atoms with Crippen molar-refractivity contribution >= 4 is 16.7 Å². The van der Waals surface area contributed by atoms with Crippen LogP contribution >= 0.6 is 0 Å². The van der Waals surface area contributed by atoms with Crippen molar-refractivity contribution in [3.63, 3.8) is 0 Å². The number of phenolic OH excluding ortho intramolecular Hbond substituents is 1. The lowest BCUT2D eigenvalue weighted by molar-refractivity contribution is 0.471. The Labute approximate surface area is 160 Å². The second kappa shape index (κ2) is 7.23. The van der Waals surface area contributed by atoms with Crippen LogP contribution in [0.1, 0.15) is 22.7 Å². The maximum atomic E-state index is 13.9. The molecule has 0 aliphatic heterocycles. The summed E-state index contributed by atoms with van der Waals surface area (Å²) < 4.78 is 27.4. The highest BCUT2D eigenvalue weighted by Gasteiger charge is 2.21. The second-order valence-electron chi connectivity index (χ2n) is 6.55. The monoisotopic (exact) mass is 377 g/mol. The Morgan fingerprint density at radius 2 is 1.79 bits per heavy atom. The lowest BCUT2D eigenvalue weighted by Gasteiger charge is -2.22. The zero-order chi connectivity index (χ0) is 19.7. The molecule has 0 saturated carbocycles. The number of hydrogen-bond donors (Lipinski definition) is 2. The highest BCUT2D eigenvalue weighted by Crippen LogP contribution is 2.36. The molecule has 0 spiro atoms. The van der Waals surface area contributed by atoms with Gasteiger partial charge in [-0.3, -0.25) is 4.98 Å². The van der Waals surface area contributed by atoms with Gasteiger partial charge in [0, 0.05) is 23.3 Å². The highest BCUT2D eigenvalue weighted by atomic mass is 19.2. The van der Waals surface area contributed by atoms with Gasteiger partial charge in [-0.1, -0.05) is 24.3 Å². The van der Waals surface area contributed by atoms with Crippen molar-refractivity contribution in [3.8, 4) is 5.75 Å². The number of benzene rings is 2. The molecule has 0 aliphatic rings. The Kier molecular flexibility index (Phi) is 4.61. The number of hydrogen-bond acceptors (Lipinski definition) is 4. The number of aromatic hydroxyl groups is 1. The largest absolute Gasteiger partial charge is 0.505 e. The van der Waals surface area contributed by atoms with Crippen molar-refractivity contribution < 1.29 is 13.9 Å². The molecule has 2 N–H and O–H groups in total. The Bertz CT molecular complexity index is 1160. The minimum atomic E-state index is -0.958. The second-order valence-corrected chi connectivity index (χ2v) is 6.55. The van der Waals surface area contributed by atoms with Crippen LogP contribution in [-0.4, -0.2) is 15.1 Å². The number of fused-ring (bicyclic) bond motifs is 1. The van der Waals surface area contributed by atoms with Gasteiger partial charge in [-0.25, -0.2) is 13.8 Å². The molecule has 0 radical (unpaired) electrons. The Hall–Kier alpha value is -3.54. The first-order chi connectivity index (χ1) is 13.5. The first-order valence-corrected chi connectivity index (χ1v) is 8.73. The third kappa shape index (κ3) is 3.36. The summed E-state index contributed by atoms with van der Waals surface area (Å²) in [4.78, 5) is 8.53. The molecule has 2 aromatic heterocycles. The van der Waals surface area contributed by atoms with Crippen molar-refractivity contribution in [3.05, 3.63) is 95.3 Å². The predicted molar refractivity (Wildman–Crippen MR) is 104 cm³/mol. The molecule has 0 aliphatic carbocycles. The average Bonchev–Trinajstić information content (AvgIpc) is 2.69. The van der Waals surface area contributed by atoms with Crippen LogP contribution in [-0.2, 0) is 0 Å². The summed E-state index contributed by atoms with van der Waals surface area (Å²) >= 11 is 0. The number of phenols is 1. The maximum absolute atomic E-state index is 13.9. The lowest BCUT2D eigenvalue weighted by Crippen LogP contribution is -2.14. The molecule has 140 valence electrons. The molecule has 2 heterocycles. The Morgan fingerprint density at radius 1 is 0.929 bits per heavy atom. The van der Waals surface area contributed by atoms with E-state index in [1.54, 1.807) is 24.5 Å². The van der Waals surface area contributed by atoms with Gasteiger partial charge in [-0.15, -0.1) is 0 Å². The standard InChI is InChI=1S/C22H17F2N3O/c1-13-8-10-25-19(11-13)27-20(15-5-7-17(23)18(24)12-15)16-6-4-14-3-2-9-26-21(14)22(16)28/h2-12,20,28H,1H3,(H,25,27). The van der Waals surface area contributed by atoms with Crippen LogP contribution in [0.5, 0.6) is 5.75 Å². The minimum absolute atomic E-state index is 0.0204. The minimum Gasteiger partial charge on any atom is -0.505 e. The van der Waals surface area contributed by atoms with Crippen LogP contribution in [0.4, 0.5) is 14.6 Å². The van der Waals surface area contributed by atoms with Gasteiger partial charge >= 0.3 is 0 Å². The predicted octanol–water partition coefficient (Wildman–Crippen LogP) is 5.12. The van der Waals surface area contributed by atoms with Gasteiger partial charge in [0.1, 0.15) is 17.1 Å². The van der Waals surface area contributed by atoms with E-state index < -0.39 is 17.7 Å². The first-order valence-electron chi connectivity index (χ1n) is 8.73. The van der Waals surface area contributed by atoms with Gasteiger partial charge in [0.05, 0.1) is 6.04 Å². The van der Waals surface area contributed by atoms with Gasteiger partial charge in [-0.05, 0) is 48.4 Å². The zero-order valence-electron chi connectivity index (χ0n) is 15.0. The molecule has 0 amide bonds. The number of nitrogens with zero attached hydrogens (tertiary/aromatic N) is 2. The summed E-state index contributed by atoms with van der Waals surface area (Å²) in [5.74, 6) is -1.36. The van der Waals surface area contributed by atoms with Crippen LogP contribution in [0.15, 0.2) is 67.0 Å². The van der Waals surface area contributed by atoms with Gasteiger partial charge in [0.15, 0.2) is 11.6 Å². The van der Waals surface area contributed by atoms with E-state index in [9.17, 15) is 13.9 Å². The molecule has 1 unspecified atom stereocenters. The molecule has 4 aromatic rings. The molecular weight excluding hydrogens is 360 g/mol. The third-order valence-electron chi connectivity index (χ3n) is 4.57. The summed E-state index contributed by atoms with van der Waals surface area (Å²) in [6.45, 7) is 1.93. The van der Waals surface area contributed by atoms with Crippen LogP contribution < -0.4 is 5.32 Å². The van der Waals surface area contributed by atoms with Crippen LogP contribution in [0.3, 0.4) is 0 Å². The molecule has 1 atom stereocenters. The van der Waals surface area contributed by atoms with E-state index in [0.29, 0.717) is 22.5 Å². The summed E-state index contributed by atoms with van der Waals surface area (Å²) in [6.07, 6.45) is 3.25. The normalized spacial score (nSPS) is 12.1. The first kappa shape index (κ1) is 17.9. The molecule has 6 heteroatoms. The van der Waals surface area contributed by atoms with Crippen LogP contribution in [0, 0.1) is 18.6 Å². The van der Waals surface area contributed by atoms with Gasteiger partial charge in [-0.2, -0.15) is 0 Å². The van der Waals surface area contributed by atoms with Crippen LogP contribution in [0.2, 0.25) is 0 Å².